The lowest BCUT2D eigenvalue weighted by molar-refractivity contribution is 0.0940. The Bertz CT molecular complexity index is 933. The number of aryl methyl sites for hydroxylation is 1. The molecular weight excluding hydrogens is 313 g/mol. The summed E-state index contributed by atoms with van der Waals surface area (Å²) in [5.74, 6) is -0.606. The van der Waals surface area contributed by atoms with E-state index in [2.05, 4.69) is 10.4 Å². The van der Waals surface area contributed by atoms with Crippen LogP contribution in [-0.4, -0.2) is 15.7 Å². The predicted molar refractivity (Wildman–Crippen MR) is 84.4 cm³/mol. The lowest BCUT2D eigenvalue weighted by atomic mass is 10.2. The fourth-order valence-electron chi connectivity index (χ4n) is 2.24. The molecule has 0 unspecified atom stereocenters. The molecule has 0 aliphatic heterocycles. The summed E-state index contributed by atoms with van der Waals surface area (Å²) in [5.41, 5.74) is -0.254. The van der Waals surface area contributed by atoms with Crippen LogP contribution in [0.4, 0.5) is 4.39 Å². The molecule has 0 saturated heterocycles. The minimum atomic E-state index is -0.651. The van der Waals surface area contributed by atoms with E-state index < -0.39 is 17.2 Å². The summed E-state index contributed by atoms with van der Waals surface area (Å²) in [6.45, 7) is 1.74. The van der Waals surface area contributed by atoms with E-state index in [0.717, 1.165) is 0 Å². The molecule has 24 heavy (non-hydrogen) atoms. The summed E-state index contributed by atoms with van der Waals surface area (Å²) < 4.78 is 20.3. The Balaban J connectivity index is 1.94. The van der Waals surface area contributed by atoms with Gasteiger partial charge in [-0.1, -0.05) is 12.1 Å². The van der Waals surface area contributed by atoms with Crippen molar-refractivity contribution in [2.45, 2.75) is 13.5 Å². The molecule has 6 nitrogen and oxygen atoms in total. The van der Waals surface area contributed by atoms with Crippen LogP contribution in [-0.2, 0) is 6.54 Å². The minimum Gasteiger partial charge on any atom is -0.467 e. The van der Waals surface area contributed by atoms with Crippen LogP contribution in [0.5, 0.6) is 0 Å². The first kappa shape index (κ1) is 15.7. The van der Waals surface area contributed by atoms with E-state index in [4.69, 9.17) is 4.42 Å². The zero-order valence-electron chi connectivity index (χ0n) is 12.8. The van der Waals surface area contributed by atoms with Gasteiger partial charge in [-0.05, 0) is 31.2 Å². The van der Waals surface area contributed by atoms with Gasteiger partial charge in [-0.3, -0.25) is 9.59 Å². The molecule has 122 valence electrons. The van der Waals surface area contributed by atoms with Gasteiger partial charge >= 0.3 is 0 Å². The molecule has 0 bridgehead atoms. The Morgan fingerprint density at radius 1 is 1.29 bits per heavy atom. The number of nitrogens with zero attached hydrogens (tertiary/aromatic N) is 2. The fraction of sp³-hybridized carbons (Fsp3) is 0.118. The number of rotatable bonds is 4. The van der Waals surface area contributed by atoms with Crippen LogP contribution in [0.15, 0.2) is 57.9 Å². The molecule has 3 rings (SSSR count). The van der Waals surface area contributed by atoms with Crippen molar-refractivity contribution >= 4 is 5.91 Å². The first-order valence-electron chi connectivity index (χ1n) is 7.23. The molecule has 0 fully saturated rings. The highest BCUT2D eigenvalue weighted by Gasteiger charge is 2.16. The van der Waals surface area contributed by atoms with Crippen LogP contribution in [0.1, 0.15) is 21.9 Å². The second kappa shape index (κ2) is 6.49. The third-order valence-corrected chi connectivity index (χ3v) is 3.41. The summed E-state index contributed by atoms with van der Waals surface area (Å²) in [6, 6.07) is 10.6. The van der Waals surface area contributed by atoms with Gasteiger partial charge in [-0.25, -0.2) is 9.07 Å². The molecule has 2 heterocycles. The molecule has 2 aromatic heterocycles. The van der Waals surface area contributed by atoms with Gasteiger partial charge in [-0.15, -0.1) is 0 Å². The number of hydrogen-bond donors (Lipinski definition) is 1. The number of hydrogen-bond acceptors (Lipinski definition) is 4. The van der Waals surface area contributed by atoms with Gasteiger partial charge in [0, 0.05) is 11.8 Å². The predicted octanol–water partition coefficient (Wildman–Crippen LogP) is 2.20. The standard InChI is InChI=1S/C17H14FN3O3/c1-11-9-15(22)16(17(23)19-10-12-5-4-8-24-12)20-21(11)14-7-3-2-6-13(14)18/h2-9H,10H2,1H3,(H,19,23). The molecule has 0 spiro atoms. The van der Waals surface area contributed by atoms with Crippen LogP contribution < -0.4 is 10.7 Å². The van der Waals surface area contributed by atoms with Crippen molar-refractivity contribution in [3.8, 4) is 5.69 Å². The Kier molecular flexibility index (Phi) is 4.24. The monoisotopic (exact) mass is 327 g/mol. The maximum atomic E-state index is 14.0. The molecule has 0 radical (unpaired) electrons. The molecule has 7 heteroatoms. The van der Waals surface area contributed by atoms with E-state index in [1.165, 1.54) is 29.1 Å². The maximum Gasteiger partial charge on any atom is 0.276 e. The summed E-state index contributed by atoms with van der Waals surface area (Å²) >= 11 is 0. The average Bonchev–Trinajstić information content (AvgIpc) is 3.07. The van der Waals surface area contributed by atoms with Crippen molar-refractivity contribution in [2.75, 3.05) is 0 Å². The van der Waals surface area contributed by atoms with Gasteiger partial charge in [0.1, 0.15) is 17.3 Å². The number of carbonyl (C=O) groups is 1. The second-order valence-electron chi connectivity index (χ2n) is 5.12. The van der Waals surface area contributed by atoms with E-state index >= 15 is 0 Å². The highest BCUT2D eigenvalue weighted by molar-refractivity contribution is 5.91. The number of nitrogens with one attached hydrogen (secondary N) is 1. The molecule has 0 aliphatic carbocycles. The van der Waals surface area contributed by atoms with E-state index in [0.29, 0.717) is 11.5 Å². The van der Waals surface area contributed by atoms with Gasteiger partial charge < -0.3 is 9.73 Å². The lowest BCUT2D eigenvalue weighted by Crippen LogP contribution is -2.31. The molecule has 3 aromatic rings. The van der Waals surface area contributed by atoms with Gasteiger partial charge in [0.2, 0.25) is 5.43 Å². The lowest BCUT2D eigenvalue weighted by Gasteiger charge is -2.11. The Labute approximate surface area is 136 Å². The van der Waals surface area contributed by atoms with Gasteiger partial charge in [-0.2, -0.15) is 5.10 Å². The molecule has 0 aliphatic rings. The zero-order valence-corrected chi connectivity index (χ0v) is 12.8. The molecule has 1 amide bonds. The summed E-state index contributed by atoms with van der Waals surface area (Å²) in [6.07, 6.45) is 1.48. The highest BCUT2D eigenvalue weighted by atomic mass is 19.1. The Morgan fingerprint density at radius 3 is 2.79 bits per heavy atom. The van der Waals surface area contributed by atoms with Crippen LogP contribution in [0.2, 0.25) is 0 Å². The number of halogens is 1. The minimum absolute atomic E-state index is 0.126. The van der Waals surface area contributed by atoms with E-state index in [1.807, 2.05) is 0 Å². The van der Waals surface area contributed by atoms with Crippen molar-refractivity contribution in [1.29, 1.82) is 0 Å². The normalized spacial score (nSPS) is 10.6. The summed E-state index contributed by atoms with van der Waals surface area (Å²) in [4.78, 5) is 24.3. The van der Waals surface area contributed by atoms with E-state index in [1.54, 1.807) is 31.2 Å². The van der Waals surface area contributed by atoms with Crippen molar-refractivity contribution in [3.63, 3.8) is 0 Å². The van der Waals surface area contributed by atoms with E-state index in [-0.39, 0.29) is 17.9 Å². The molecular formula is C17H14FN3O3. The number of carbonyl (C=O) groups excluding carboxylic acids is 1. The Hall–Kier alpha value is -3.22. The Morgan fingerprint density at radius 2 is 2.08 bits per heavy atom. The smallest absolute Gasteiger partial charge is 0.276 e. The third kappa shape index (κ3) is 3.10. The fourth-order valence-corrected chi connectivity index (χ4v) is 2.24. The second-order valence-corrected chi connectivity index (χ2v) is 5.12. The van der Waals surface area contributed by atoms with E-state index in [9.17, 15) is 14.0 Å². The topological polar surface area (TPSA) is 77.1 Å². The largest absolute Gasteiger partial charge is 0.467 e. The van der Waals surface area contributed by atoms with Crippen LogP contribution in [0, 0.1) is 12.7 Å². The van der Waals surface area contributed by atoms with Gasteiger partial charge in [0.15, 0.2) is 5.69 Å². The first-order chi connectivity index (χ1) is 11.6. The van der Waals surface area contributed by atoms with Gasteiger partial charge in [0.25, 0.3) is 5.91 Å². The van der Waals surface area contributed by atoms with Crippen molar-refractivity contribution in [3.05, 3.63) is 81.9 Å². The maximum absolute atomic E-state index is 14.0. The van der Waals surface area contributed by atoms with Crippen LogP contribution in [0.3, 0.4) is 0 Å². The highest BCUT2D eigenvalue weighted by Crippen LogP contribution is 2.13. The SMILES string of the molecule is Cc1cc(=O)c(C(=O)NCc2ccco2)nn1-c1ccccc1F. The van der Waals surface area contributed by atoms with Crippen LogP contribution >= 0.6 is 0 Å². The average molecular weight is 327 g/mol. The number of amides is 1. The number of aromatic nitrogens is 2. The number of para-hydroxylation sites is 1. The molecule has 0 atom stereocenters. The third-order valence-electron chi connectivity index (χ3n) is 3.41. The quantitative estimate of drug-likeness (QED) is 0.797. The van der Waals surface area contributed by atoms with Crippen molar-refractivity contribution in [2.24, 2.45) is 0 Å². The number of benzene rings is 1. The van der Waals surface area contributed by atoms with Gasteiger partial charge in [0.05, 0.1) is 12.8 Å². The molecule has 0 saturated carbocycles. The number of furan rings is 1. The van der Waals surface area contributed by atoms with Crippen molar-refractivity contribution < 1.29 is 13.6 Å². The summed E-state index contributed by atoms with van der Waals surface area (Å²) in [7, 11) is 0. The van der Waals surface area contributed by atoms with Crippen molar-refractivity contribution in [1.82, 2.24) is 15.1 Å². The first-order valence-corrected chi connectivity index (χ1v) is 7.23. The van der Waals surface area contributed by atoms with Crippen LogP contribution in [0.25, 0.3) is 5.69 Å². The molecule has 1 N–H and O–H groups in total. The zero-order chi connectivity index (χ0) is 17.1. The molecule has 1 aromatic carbocycles. The summed E-state index contributed by atoms with van der Waals surface area (Å²) in [5, 5.41) is 6.58.